The Labute approximate surface area is 108 Å². The lowest BCUT2D eigenvalue weighted by Crippen LogP contribution is -2.05. The molecule has 0 aromatic carbocycles. The topological polar surface area (TPSA) is 26.0 Å². The average molecular weight is 254 g/mol. The number of aromatic nitrogens is 1. The van der Waals surface area contributed by atoms with E-state index in [1.54, 1.807) is 0 Å². The van der Waals surface area contributed by atoms with Crippen LogP contribution in [0.15, 0.2) is 4.52 Å². The van der Waals surface area contributed by atoms with Gasteiger partial charge in [-0.25, -0.2) is 0 Å². The number of hydrogen-bond donors (Lipinski definition) is 0. The van der Waals surface area contributed by atoms with Gasteiger partial charge >= 0.3 is 0 Å². The third kappa shape index (κ3) is 2.24. The van der Waals surface area contributed by atoms with E-state index in [0.717, 1.165) is 16.5 Å². The molecule has 0 bridgehead atoms. The smallest absolute Gasteiger partial charge is 0.158 e. The van der Waals surface area contributed by atoms with Gasteiger partial charge in [0.05, 0.1) is 0 Å². The van der Waals surface area contributed by atoms with Crippen LogP contribution in [0.25, 0.3) is 0 Å². The zero-order valence-corrected chi connectivity index (χ0v) is 11.0. The molecule has 3 heteroatoms. The predicted octanol–water partition coefficient (Wildman–Crippen LogP) is 5.03. The van der Waals surface area contributed by atoms with Crippen LogP contribution in [0.1, 0.15) is 81.1 Å². The average Bonchev–Trinajstić information content (AvgIpc) is 2.99. The SMILES string of the molecule is Clc1c(C2CCCCC2)noc1C1CCCC1. The van der Waals surface area contributed by atoms with Gasteiger partial charge in [0.25, 0.3) is 0 Å². The third-order valence-electron chi connectivity index (χ3n) is 4.40. The number of halogens is 1. The summed E-state index contributed by atoms with van der Waals surface area (Å²) in [6.07, 6.45) is 11.5. The summed E-state index contributed by atoms with van der Waals surface area (Å²) >= 11 is 6.48. The molecule has 94 valence electrons. The maximum absolute atomic E-state index is 6.48. The second-order valence-corrected chi connectivity index (χ2v) is 5.94. The van der Waals surface area contributed by atoms with Gasteiger partial charge in [0.1, 0.15) is 10.7 Å². The summed E-state index contributed by atoms with van der Waals surface area (Å²) in [5, 5.41) is 5.13. The second-order valence-electron chi connectivity index (χ2n) is 5.56. The summed E-state index contributed by atoms with van der Waals surface area (Å²) in [5.74, 6) is 2.06. The van der Waals surface area contributed by atoms with Crippen molar-refractivity contribution < 1.29 is 4.52 Å². The molecule has 3 rings (SSSR count). The Balaban J connectivity index is 1.80. The van der Waals surface area contributed by atoms with Crippen molar-refractivity contribution in [2.75, 3.05) is 0 Å². The van der Waals surface area contributed by atoms with Crippen molar-refractivity contribution in [3.63, 3.8) is 0 Å². The van der Waals surface area contributed by atoms with E-state index in [9.17, 15) is 0 Å². The molecular weight excluding hydrogens is 234 g/mol. The second kappa shape index (κ2) is 5.01. The predicted molar refractivity (Wildman–Crippen MR) is 68.5 cm³/mol. The molecule has 17 heavy (non-hydrogen) atoms. The Morgan fingerprint density at radius 1 is 0.882 bits per heavy atom. The van der Waals surface area contributed by atoms with Crippen LogP contribution in [0.2, 0.25) is 5.02 Å². The molecule has 2 aliphatic carbocycles. The fraction of sp³-hybridized carbons (Fsp3) is 0.786. The van der Waals surface area contributed by atoms with E-state index in [1.807, 2.05) is 0 Å². The van der Waals surface area contributed by atoms with Gasteiger partial charge in [0, 0.05) is 11.8 Å². The molecule has 0 N–H and O–H groups in total. The highest BCUT2D eigenvalue weighted by molar-refractivity contribution is 6.31. The van der Waals surface area contributed by atoms with Gasteiger partial charge in [-0.1, -0.05) is 48.9 Å². The fourth-order valence-corrected chi connectivity index (χ4v) is 3.75. The largest absolute Gasteiger partial charge is 0.359 e. The third-order valence-corrected chi connectivity index (χ3v) is 4.78. The molecule has 0 unspecified atom stereocenters. The minimum atomic E-state index is 0.535. The van der Waals surface area contributed by atoms with Crippen LogP contribution in [0.4, 0.5) is 0 Å². The van der Waals surface area contributed by atoms with Crippen molar-refractivity contribution in [3.05, 3.63) is 16.5 Å². The molecule has 0 aliphatic heterocycles. The first-order chi connectivity index (χ1) is 8.36. The highest BCUT2D eigenvalue weighted by atomic mass is 35.5. The van der Waals surface area contributed by atoms with Crippen LogP contribution < -0.4 is 0 Å². The van der Waals surface area contributed by atoms with Crippen LogP contribution in [0.3, 0.4) is 0 Å². The monoisotopic (exact) mass is 253 g/mol. The standard InChI is InChI=1S/C14H20ClNO/c15-12-13(10-6-2-1-3-7-10)16-17-14(12)11-8-4-5-9-11/h10-11H,1-9H2. The number of rotatable bonds is 2. The molecule has 0 spiro atoms. The Morgan fingerprint density at radius 3 is 2.18 bits per heavy atom. The van der Waals surface area contributed by atoms with E-state index in [0.29, 0.717) is 11.8 Å². The normalized spacial score (nSPS) is 23.4. The van der Waals surface area contributed by atoms with Gasteiger partial charge in [-0.05, 0) is 25.7 Å². The Morgan fingerprint density at radius 2 is 1.47 bits per heavy atom. The van der Waals surface area contributed by atoms with Gasteiger partial charge in [-0.15, -0.1) is 0 Å². The van der Waals surface area contributed by atoms with E-state index in [2.05, 4.69) is 5.16 Å². The van der Waals surface area contributed by atoms with Crippen LogP contribution >= 0.6 is 11.6 Å². The Bertz CT molecular complexity index is 376. The molecule has 2 aliphatic rings. The minimum absolute atomic E-state index is 0.535. The van der Waals surface area contributed by atoms with Crippen LogP contribution in [-0.4, -0.2) is 5.16 Å². The molecule has 1 aromatic rings. The molecular formula is C14H20ClNO. The molecule has 0 amide bonds. The summed E-state index contributed by atoms with van der Waals surface area (Å²) in [4.78, 5) is 0. The first-order valence-electron chi connectivity index (χ1n) is 7.01. The lowest BCUT2D eigenvalue weighted by Gasteiger charge is -2.19. The van der Waals surface area contributed by atoms with E-state index in [4.69, 9.17) is 16.1 Å². The maximum Gasteiger partial charge on any atom is 0.158 e. The summed E-state index contributed by atoms with van der Waals surface area (Å²) < 4.78 is 5.55. The molecule has 0 atom stereocenters. The van der Waals surface area contributed by atoms with Crippen molar-refractivity contribution in [2.45, 2.75) is 69.6 Å². The molecule has 0 radical (unpaired) electrons. The van der Waals surface area contributed by atoms with Gasteiger partial charge in [-0.3, -0.25) is 0 Å². The summed E-state index contributed by atoms with van der Waals surface area (Å²) in [6.45, 7) is 0. The number of hydrogen-bond acceptors (Lipinski definition) is 2. The quantitative estimate of drug-likeness (QED) is 0.739. The highest BCUT2D eigenvalue weighted by Gasteiger charge is 2.29. The van der Waals surface area contributed by atoms with Gasteiger partial charge < -0.3 is 4.52 Å². The molecule has 1 heterocycles. The van der Waals surface area contributed by atoms with Crippen molar-refractivity contribution in [1.29, 1.82) is 0 Å². The van der Waals surface area contributed by atoms with Crippen LogP contribution in [0, 0.1) is 0 Å². The van der Waals surface area contributed by atoms with Gasteiger partial charge in [0.15, 0.2) is 5.76 Å². The molecule has 2 nitrogen and oxygen atoms in total. The van der Waals surface area contributed by atoms with E-state index < -0.39 is 0 Å². The van der Waals surface area contributed by atoms with Crippen molar-refractivity contribution in [2.24, 2.45) is 0 Å². The van der Waals surface area contributed by atoms with Gasteiger partial charge in [-0.2, -0.15) is 0 Å². The zero-order valence-electron chi connectivity index (χ0n) is 10.3. The minimum Gasteiger partial charge on any atom is -0.359 e. The zero-order chi connectivity index (χ0) is 11.7. The van der Waals surface area contributed by atoms with Crippen molar-refractivity contribution in [1.82, 2.24) is 5.16 Å². The molecule has 2 saturated carbocycles. The lowest BCUT2D eigenvalue weighted by molar-refractivity contribution is 0.343. The summed E-state index contributed by atoms with van der Waals surface area (Å²) in [7, 11) is 0. The van der Waals surface area contributed by atoms with Crippen LogP contribution in [-0.2, 0) is 0 Å². The summed E-state index contributed by atoms with van der Waals surface area (Å²) in [6, 6.07) is 0. The highest BCUT2D eigenvalue weighted by Crippen LogP contribution is 2.42. The van der Waals surface area contributed by atoms with Gasteiger partial charge in [0.2, 0.25) is 0 Å². The van der Waals surface area contributed by atoms with Crippen molar-refractivity contribution >= 4 is 11.6 Å². The first kappa shape index (κ1) is 11.6. The molecule has 2 fully saturated rings. The lowest BCUT2D eigenvalue weighted by atomic mass is 9.86. The van der Waals surface area contributed by atoms with E-state index in [1.165, 1.54) is 57.8 Å². The van der Waals surface area contributed by atoms with E-state index in [-0.39, 0.29) is 0 Å². The molecule has 1 aromatic heterocycles. The van der Waals surface area contributed by atoms with E-state index >= 15 is 0 Å². The maximum atomic E-state index is 6.48. The Hall–Kier alpha value is -0.500. The summed E-state index contributed by atoms with van der Waals surface area (Å²) in [5.41, 5.74) is 1.05. The van der Waals surface area contributed by atoms with Crippen LogP contribution in [0.5, 0.6) is 0 Å². The number of nitrogens with zero attached hydrogens (tertiary/aromatic N) is 1. The Kier molecular flexibility index (Phi) is 3.41. The fourth-order valence-electron chi connectivity index (χ4n) is 3.38. The first-order valence-corrected chi connectivity index (χ1v) is 7.39. The van der Waals surface area contributed by atoms with Crippen molar-refractivity contribution in [3.8, 4) is 0 Å². The molecule has 0 saturated heterocycles.